The van der Waals surface area contributed by atoms with Crippen LogP contribution in [0.25, 0.3) is 0 Å². The molecule has 4 heteroatoms. The number of aryl methyl sites for hydroxylation is 1. The standard InChI is InChI=1S/C28H25NOS2/c1-21-18-23(20-32-26-10-6-3-7-11-26)14-17-27(21)29-28(30)24-15-12-22(13-16-24)19-31-25-8-4-2-5-9-25/h2-18H,19-20H2,1H3,(H,29,30). The molecule has 160 valence electrons. The summed E-state index contributed by atoms with van der Waals surface area (Å²) in [6, 6.07) is 34.8. The van der Waals surface area contributed by atoms with E-state index < -0.39 is 0 Å². The SMILES string of the molecule is Cc1cc(CSc2ccccc2)ccc1NC(=O)c1ccc(CSc2ccccc2)cc1. The number of anilines is 1. The van der Waals surface area contributed by atoms with E-state index in [1.54, 1.807) is 11.8 Å². The Hall–Kier alpha value is -2.95. The van der Waals surface area contributed by atoms with Gasteiger partial charge in [-0.15, -0.1) is 23.5 Å². The van der Waals surface area contributed by atoms with Crippen LogP contribution in [0.2, 0.25) is 0 Å². The minimum atomic E-state index is -0.0817. The smallest absolute Gasteiger partial charge is 0.255 e. The summed E-state index contributed by atoms with van der Waals surface area (Å²) in [5, 5.41) is 3.05. The molecule has 4 aromatic rings. The summed E-state index contributed by atoms with van der Waals surface area (Å²) in [5.41, 5.74) is 5.04. The average Bonchev–Trinajstić information content (AvgIpc) is 2.84. The van der Waals surface area contributed by atoms with Crippen molar-refractivity contribution in [3.05, 3.63) is 125 Å². The Morgan fingerprint density at radius 2 is 1.22 bits per heavy atom. The van der Waals surface area contributed by atoms with Crippen molar-refractivity contribution in [1.29, 1.82) is 0 Å². The lowest BCUT2D eigenvalue weighted by atomic mass is 10.1. The number of hydrogen-bond acceptors (Lipinski definition) is 3. The lowest BCUT2D eigenvalue weighted by Gasteiger charge is -2.11. The largest absolute Gasteiger partial charge is 0.322 e. The van der Waals surface area contributed by atoms with Gasteiger partial charge in [-0.05, 0) is 66.1 Å². The van der Waals surface area contributed by atoms with Gasteiger partial charge in [0, 0.05) is 32.5 Å². The van der Waals surface area contributed by atoms with Gasteiger partial charge in [0.15, 0.2) is 0 Å². The summed E-state index contributed by atoms with van der Waals surface area (Å²) in [5.74, 6) is 1.71. The average molecular weight is 456 g/mol. The number of thioether (sulfide) groups is 2. The Labute approximate surface area is 198 Å². The maximum Gasteiger partial charge on any atom is 0.255 e. The molecule has 0 saturated heterocycles. The summed E-state index contributed by atoms with van der Waals surface area (Å²) < 4.78 is 0. The van der Waals surface area contributed by atoms with Crippen LogP contribution >= 0.6 is 23.5 Å². The quantitative estimate of drug-likeness (QED) is 0.274. The van der Waals surface area contributed by atoms with E-state index in [1.165, 1.54) is 20.9 Å². The Balaban J connectivity index is 1.32. The van der Waals surface area contributed by atoms with Crippen molar-refractivity contribution in [3.63, 3.8) is 0 Å². The molecule has 0 fully saturated rings. The maximum atomic E-state index is 12.7. The van der Waals surface area contributed by atoms with E-state index in [4.69, 9.17) is 0 Å². The van der Waals surface area contributed by atoms with E-state index >= 15 is 0 Å². The number of carbonyl (C=O) groups is 1. The topological polar surface area (TPSA) is 29.1 Å². The second kappa shape index (κ2) is 11.1. The van der Waals surface area contributed by atoms with Gasteiger partial charge in [0.2, 0.25) is 0 Å². The van der Waals surface area contributed by atoms with Crippen molar-refractivity contribution in [2.24, 2.45) is 0 Å². The molecule has 0 bridgehead atoms. The zero-order chi connectivity index (χ0) is 22.2. The van der Waals surface area contributed by atoms with Crippen LogP contribution in [-0.2, 0) is 11.5 Å². The number of rotatable bonds is 8. The van der Waals surface area contributed by atoms with Gasteiger partial charge >= 0.3 is 0 Å². The van der Waals surface area contributed by atoms with E-state index in [2.05, 4.69) is 53.8 Å². The lowest BCUT2D eigenvalue weighted by Crippen LogP contribution is -2.12. The van der Waals surface area contributed by atoms with Crippen LogP contribution in [0, 0.1) is 6.92 Å². The molecular weight excluding hydrogens is 430 g/mol. The van der Waals surface area contributed by atoms with Crippen LogP contribution in [0.3, 0.4) is 0 Å². The highest BCUT2D eigenvalue weighted by atomic mass is 32.2. The summed E-state index contributed by atoms with van der Waals surface area (Å²) in [7, 11) is 0. The zero-order valence-corrected chi connectivity index (χ0v) is 19.6. The summed E-state index contributed by atoms with van der Waals surface area (Å²) in [6.45, 7) is 2.04. The van der Waals surface area contributed by atoms with Crippen molar-refractivity contribution in [3.8, 4) is 0 Å². The molecule has 0 radical (unpaired) electrons. The van der Waals surface area contributed by atoms with Crippen LogP contribution in [-0.4, -0.2) is 5.91 Å². The van der Waals surface area contributed by atoms with Crippen LogP contribution in [0.5, 0.6) is 0 Å². The van der Waals surface area contributed by atoms with Crippen LogP contribution in [0.15, 0.2) is 113 Å². The van der Waals surface area contributed by atoms with Gasteiger partial charge in [0.25, 0.3) is 5.91 Å². The molecule has 0 aromatic heterocycles. The molecule has 4 rings (SSSR count). The molecule has 2 nitrogen and oxygen atoms in total. The molecule has 32 heavy (non-hydrogen) atoms. The molecule has 4 aromatic carbocycles. The monoisotopic (exact) mass is 455 g/mol. The minimum Gasteiger partial charge on any atom is -0.322 e. The van der Waals surface area contributed by atoms with Gasteiger partial charge in [-0.2, -0.15) is 0 Å². The summed E-state index contributed by atoms with van der Waals surface area (Å²) >= 11 is 3.61. The minimum absolute atomic E-state index is 0.0817. The predicted molar refractivity (Wildman–Crippen MR) is 138 cm³/mol. The first kappa shape index (κ1) is 22.3. The van der Waals surface area contributed by atoms with E-state index in [0.717, 1.165) is 22.8 Å². The third kappa shape index (κ3) is 6.28. The number of benzene rings is 4. The van der Waals surface area contributed by atoms with Crippen LogP contribution in [0.4, 0.5) is 5.69 Å². The van der Waals surface area contributed by atoms with Gasteiger partial charge in [-0.3, -0.25) is 4.79 Å². The molecule has 0 saturated carbocycles. The number of amides is 1. The van der Waals surface area contributed by atoms with Gasteiger partial charge in [0.05, 0.1) is 0 Å². The molecule has 0 aliphatic rings. The highest BCUT2D eigenvalue weighted by Gasteiger charge is 2.09. The molecular formula is C28H25NOS2. The zero-order valence-electron chi connectivity index (χ0n) is 18.0. The molecule has 1 amide bonds. The van der Waals surface area contributed by atoms with Gasteiger partial charge in [-0.25, -0.2) is 0 Å². The van der Waals surface area contributed by atoms with E-state index in [1.807, 2.05) is 73.3 Å². The van der Waals surface area contributed by atoms with Gasteiger partial charge < -0.3 is 5.32 Å². The summed E-state index contributed by atoms with van der Waals surface area (Å²) in [4.78, 5) is 15.2. The van der Waals surface area contributed by atoms with E-state index in [9.17, 15) is 4.79 Å². The molecule has 0 heterocycles. The highest BCUT2D eigenvalue weighted by molar-refractivity contribution is 7.98. The number of nitrogens with one attached hydrogen (secondary N) is 1. The molecule has 0 unspecified atom stereocenters. The van der Waals surface area contributed by atoms with Gasteiger partial charge in [-0.1, -0.05) is 60.7 Å². The highest BCUT2D eigenvalue weighted by Crippen LogP contribution is 2.26. The Morgan fingerprint density at radius 1 is 0.688 bits per heavy atom. The molecule has 0 spiro atoms. The molecule has 0 aliphatic heterocycles. The van der Waals surface area contributed by atoms with Crippen molar-refractivity contribution >= 4 is 35.1 Å². The van der Waals surface area contributed by atoms with Crippen molar-refractivity contribution in [2.75, 3.05) is 5.32 Å². The van der Waals surface area contributed by atoms with Crippen LogP contribution < -0.4 is 5.32 Å². The lowest BCUT2D eigenvalue weighted by molar-refractivity contribution is 0.102. The third-order valence-corrected chi connectivity index (χ3v) is 7.22. The Morgan fingerprint density at radius 3 is 1.78 bits per heavy atom. The van der Waals surface area contributed by atoms with Crippen LogP contribution in [0.1, 0.15) is 27.0 Å². The molecule has 1 N–H and O–H groups in total. The first-order valence-corrected chi connectivity index (χ1v) is 12.5. The normalized spacial score (nSPS) is 10.7. The van der Waals surface area contributed by atoms with E-state index in [-0.39, 0.29) is 5.91 Å². The second-order valence-electron chi connectivity index (χ2n) is 7.50. The molecule has 0 aliphatic carbocycles. The maximum absolute atomic E-state index is 12.7. The fraction of sp³-hybridized carbons (Fsp3) is 0.107. The first-order valence-electron chi connectivity index (χ1n) is 10.5. The Bertz CT molecular complexity index is 1160. The van der Waals surface area contributed by atoms with Crippen molar-refractivity contribution < 1.29 is 4.79 Å². The van der Waals surface area contributed by atoms with Gasteiger partial charge in [0.1, 0.15) is 0 Å². The number of hydrogen-bond donors (Lipinski definition) is 1. The fourth-order valence-electron chi connectivity index (χ4n) is 3.27. The second-order valence-corrected chi connectivity index (χ2v) is 9.60. The van der Waals surface area contributed by atoms with Crippen molar-refractivity contribution in [2.45, 2.75) is 28.2 Å². The predicted octanol–water partition coefficient (Wildman–Crippen LogP) is 7.83. The first-order chi connectivity index (χ1) is 15.7. The van der Waals surface area contributed by atoms with Crippen molar-refractivity contribution in [1.82, 2.24) is 0 Å². The third-order valence-electron chi connectivity index (χ3n) is 5.05. The summed E-state index contributed by atoms with van der Waals surface area (Å²) in [6.07, 6.45) is 0. The number of carbonyl (C=O) groups excluding carboxylic acids is 1. The molecule has 0 atom stereocenters. The Kier molecular flexibility index (Phi) is 7.70. The fourth-order valence-corrected chi connectivity index (χ4v) is 5.01. The van der Waals surface area contributed by atoms with E-state index in [0.29, 0.717) is 5.56 Å².